The van der Waals surface area contributed by atoms with Gasteiger partial charge in [-0.15, -0.1) is 0 Å². The van der Waals surface area contributed by atoms with Gasteiger partial charge in [-0.3, -0.25) is 10.00 Å². The summed E-state index contributed by atoms with van der Waals surface area (Å²) in [4.78, 5) is 6.71. The number of aromatic nitrogens is 3. The lowest BCUT2D eigenvalue weighted by Crippen LogP contribution is -2.39. The molecule has 1 fully saturated rings. The van der Waals surface area contributed by atoms with Crippen molar-refractivity contribution in [2.24, 2.45) is 0 Å². The third-order valence-corrected chi connectivity index (χ3v) is 4.13. The molecule has 7 heteroatoms. The Hall–Kier alpha value is -1.14. The van der Waals surface area contributed by atoms with Crippen LogP contribution in [0.4, 0.5) is 0 Å². The highest BCUT2D eigenvalue weighted by molar-refractivity contribution is 6.34. The van der Waals surface area contributed by atoms with Gasteiger partial charge in [0.1, 0.15) is 11.9 Å². The second-order valence-electron chi connectivity index (χ2n) is 5.47. The van der Waals surface area contributed by atoms with Crippen LogP contribution in [0, 0.1) is 6.92 Å². The van der Waals surface area contributed by atoms with Gasteiger partial charge in [0.2, 0.25) is 0 Å². The Labute approximate surface area is 139 Å². The first-order valence-electron chi connectivity index (χ1n) is 7.28. The summed E-state index contributed by atoms with van der Waals surface area (Å²) < 4.78 is 5.77. The summed E-state index contributed by atoms with van der Waals surface area (Å²) in [5, 5.41) is 8.41. The zero-order chi connectivity index (χ0) is 15.5. The SMILES string of the molecule is Cc1nc(C2CN(CCc3cc(Cl)cc(Cl)c3)CCO2)n[nH]1. The maximum absolute atomic E-state index is 6.04. The number of hydrogen-bond donors (Lipinski definition) is 1. The van der Waals surface area contributed by atoms with E-state index in [1.165, 1.54) is 0 Å². The van der Waals surface area contributed by atoms with Crippen LogP contribution in [0.3, 0.4) is 0 Å². The Morgan fingerprint density at radius 3 is 2.77 bits per heavy atom. The lowest BCUT2D eigenvalue weighted by Gasteiger charge is -2.31. The Morgan fingerprint density at radius 2 is 2.09 bits per heavy atom. The molecule has 1 unspecified atom stereocenters. The van der Waals surface area contributed by atoms with Crippen molar-refractivity contribution in [3.05, 3.63) is 45.5 Å². The highest BCUT2D eigenvalue weighted by Gasteiger charge is 2.24. The highest BCUT2D eigenvalue weighted by atomic mass is 35.5. The van der Waals surface area contributed by atoms with Gasteiger partial charge >= 0.3 is 0 Å². The standard InChI is InChI=1S/C15H18Cl2N4O/c1-10-18-15(20-19-10)14-9-21(4-5-22-14)3-2-11-6-12(16)8-13(17)7-11/h6-8,14H,2-5,9H2,1H3,(H,18,19,20). The van der Waals surface area contributed by atoms with Gasteiger partial charge in [-0.2, -0.15) is 5.10 Å². The van der Waals surface area contributed by atoms with Gasteiger partial charge in [0, 0.05) is 29.7 Å². The molecule has 0 spiro atoms. The number of nitrogens with zero attached hydrogens (tertiary/aromatic N) is 3. The second kappa shape index (κ2) is 6.96. The molecule has 0 bridgehead atoms. The molecule has 0 amide bonds. The van der Waals surface area contributed by atoms with Crippen LogP contribution in [0.2, 0.25) is 10.0 Å². The van der Waals surface area contributed by atoms with E-state index in [-0.39, 0.29) is 6.10 Å². The molecular formula is C15H18Cl2N4O. The molecule has 0 aliphatic carbocycles. The molecule has 3 rings (SSSR count). The van der Waals surface area contributed by atoms with Crippen LogP contribution in [0.5, 0.6) is 0 Å². The molecule has 0 saturated carbocycles. The van der Waals surface area contributed by atoms with Crippen molar-refractivity contribution in [3.63, 3.8) is 0 Å². The fraction of sp³-hybridized carbons (Fsp3) is 0.467. The van der Waals surface area contributed by atoms with Gasteiger partial charge in [-0.05, 0) is 37.1 Å². The number of ether oxygens (including phenoxy) is 1. The molecule has 1 atom stereocenters. The van der Waals surface area contributed by atoms with Crippen LogP contribution in [0.15, 0.2) is 18.2 Å². The van der Waals surface area contributed by atoms with E-state index in [0.29, 0.717) is 16.7 Å². The Kier molecular flexibility index (Phi) is 4.98. The fourth-order valence-electron chi connectivity index (χ4n) is 2.61. The molecule has 2 aromatic rings. The maximum atomic E-state index is 6.04. The van der Waals surface area contributed by atoms with E-state index < -0.39 is 0 Å². The molecule has 1 saturated heterocycles. The number of morpholine rings is 1. The average Bonchev–Trinajstić information content (AvgIpc) is 2.91. The zero-order valence-electron chi connectivity index (χ0n) is 12.4. The number of halogens is 2. The van der Waals surface area contributed by atoms with Crippen LogP contribution < -0.4 is 0 Å². The monoisotopic (exact) mass is 340 g/mol. The molecule has 1 aromatic heterocycles. The van der Waals surface area contributed by atoms with Crippen molar-refractivity contribution in [2.45, 2.75) is 19.4 Å². The zero-order valence-corrected chi connectivity index (χ0v) is 13.9. The summed E-state index contributed by atoms with van der Waals surface area (Å²) >= 11 is 12.1. The van der Waals surface area contributed by atoms with Gasteiger partial charge in [0.05, 0.1) is 6.61 Å². The van der Waals surface area contributed by atoms with E-state index in [2.05, 4.69) is 20.1 Å². The first kappa shape index (κ1) is 15.7. The van der Waals surface area contributed by atoms with Crippen LogP contribution >= 0.6 is 23.2 Å². The molecule has 1 aromatic carbocycles. The number of aromatic amines is 1. The number of benzene rings is 1. The number of nitrogens with one attached hydrogen (secondary N) is 1. The predicted molar refractivity (Wildman–Crippen MR) is 86.4 cm³/mol. The summed E-state index contributed by atoms with van der Waals surface area (Å²) in [6.07, 6.45) is 0.835. The van der Waals surface area contributed by atoms with E-state index in [1.54, 1.807) is 6.07 Å². The summed E-state index contributed by atoms with van der Waals surface area (Å²) in [7, 11) is 0. The topological polar surface area (TPSA) is 54.0 Å². The van der Waals surface area contributed by atoms with Crippen LogP contribution in [0.25, 0.3) is 0 Å². The molecule has 0 radical (unpaired) electrons. The minimum atomic E-state index is -0.0679. The Balaban J connectivity index is 1.58. The van der Waals surface area contributed by atoms with Crippen molar-refractivity contribution in [1.82, 2.24) is 20.1 Å². The molecule has 2 heterocycles. The van der Waals surface area contributed by atoms with Crippen molar-refractivity contribution < 1.29 is 4.74 Å². The smallest absolute Gasteiger partial charge is 0.180 e. The molecule has 22 heavy (non-hydrogen) atoms. The quantitative estimate of drug-likeness (QED) is 0.929. The van der Waals surface area contributed by atoms with Crippen molar-refractivity contribution in [3.8, 4) is 0 Å². The lowest BCUT2D eigenvalue weighted by atomic mass is 10.1. The van der Waals surface area contributed by atoms with E-state index >= 15 is 0 Å². The summed E-state index contributed by atoms with van der Waals surface area (Å²) in [5.74, 6) is 1.54. The van der Waals surface area contributed by atoms with Gasteiger partial charge in [0.15, 0.2) is 5.82 Å². The first-order valence-corrected chi connectivity index (χ1v) is 8.03. The largest absolute Gasteiger partial charge is 0.367 e. The van der Waals surface area contributed by atoms with Gasteiger partial charge < -0.3 is 4.74 Å². The second-order valence-corrected chi connectivity index (χ2v) is 6.34. The van der Waals surface area contributed by atoms with Crippen LogP contribution in [0.1, 0.15) is 23.3 Å². The molecule has 1 aliphatic heterocycles. The highest BCUT2D eigenvalue weighted by Crippen LogP contribution is 2.21. The summed E-state index contributed by atoms with van der Waals surface area (Å²) in [6, 6.07) is 5.68. The third kappa shape index (κ3) is 3.98. The summed E-state index contributed by atoms with van der Waals surface area (Å²) in [6.45, 7) is 5.22. The molecule has 5 nitrogen and oxygen atoms in total. The molecular weight excluding hydrogens is 323 g/mol. The van der Waals surface area contributed by atoms with Crippen molar-refractivity contribution >= 4 is 23.2 Å². The predicted octanol–water partition coefficient (Wildman–Crippen LogP) is 3.04. The van der Waals surface area contributed by atoms with Gasteiger partial charge in [0.25, 0.3) is 0 Å². The fourth-order valence-corrected chi connectivity index (χ4v) is 3.18. The molecule has 1 N–H and O–H groups in total. The van der Waals surface area contributed by atoms with Crippen LogP contribution in [-0.4, -0.2) is 46.3 Å². The van der Waals surface area contributed by atoms with Crippen molar-refractivity contribution in [1.29, 1.82) is 0 Å². The number of H-pyrrole nitrogens is 1. The third-order valence-electron chi connectivity index (χ3n) is 3.69. The molecule has 1 aliphatic rings. The van der Waals surface area contributed by atoms with E-state index in [4.69, 9.17) is 27.9 Å². The first-order chi connectivity index (χ1) is 10.6. The van der Waals surface area contributed by atoms with Gasteiger partial charge in [-0.1, -0.05) is 23.2 Å². The number of aryl methyl sites for hydroxylation is 1. The minimum absolute atomic E-state index is 0.0679. The van der Waals surface area contributed by atoms with Crippen molar-refractivity contribution in [2.75, 3.05) is 26.2 Å². The maximum Gasteiger partial charge on any atom is 0.180 e. The van der Waals surface area contributed by atoms with E-state index in [0.717, 1.165) is 43.3 Å². The number of hydrogen-bond acceptors (Lipinski definition) is 4. The average molecular weight is 341 g/mol. The number of rotatable bonds is 4. The molecule has 118 valence electrons. The Morgan fingerprint density at radius 1 is 1.32 bits per heavy atom. The van der Waals surface area contributed by atoms with E-state index in [9.17, 15) is 0 Å². The minimum Gasteiger partial charge on any atom is -0.367 e. The lowest BCUT2D eigenvalue weighted by molar-refractivity contribution is -0.0337. The van der Waals surface area contributed by atoms with Crippen LogP contribution in [-0.2, 0) is 11.2 Å². The van der Waals surface area contributed by atoms with E-state index in [1.807, 2.05) is 19.1 Å². The summed E-state index contributed by atoms with van der Waals surface area (Å²) in [5.41, 5.74) is 1.15. The van der Waals surface area contributed by atoms with Gasteiger partial charge in [-0.25, -0.2) is 4.98 Å². The normalized spacial score (nSPS) is 19.5. The Bertz CT molecular complexity index is 626.